The van der Waals surface area contributed by atoms with Crippen LogP contribution in [-0.4, -0.2) is 29.2 Å². The molecule has 0 aliphatic carbocycles. The number of nitrogens with zero attached hydrogens (tertiary/aromatic N) is 1. The van der Waals surface area contributed by atoms with Gasteiger partial charge in [-0.05, 0) is 35.6 Å². The van der Waals surface area contributed by atoms with Gasteiger partial charge in [-0.15, -0.1) is 0 Å². The molecule has 1 unspecified atom stereocenters. The largest absolute Gasteiger partial charge is 0.325 e. The Balaban J connectivity index is 1.79. The third-order valence-corrected chi connectivity index (χ3v) is 5.07. The lowest BCUT2D eigenvalue weighted by atomic mass is 9.86. The van der Waals surface area contributed by atoms with Gasteiger partial charge in [0.25, 0.3) is 5.91 Å². The number of rotatable bonds is 4. The first kappa shape index (κ1) is 19.7. The zero-order valence-corrected chi connectivity index (χ0v) is 16.4. The lowest BCUT2D eigenvalue weighted by molar-refractivity contribution is -0.130. The van der Waals surface area contributed by atoms with Crippen molar-refractivity contribution in [3.63, 3.8) is 0 Å². The van der Waals surface area contributed by atoms with Crippen LogP contribution in [0.5, 0.6) is 0 Å². The van der Waals surface area contributed by atoms with E-state index >= 15 is 0 Å². The minimum absolute atomic E-state index is 0.0383. The molecule has 2 aromatic carbocycles. The van der Waals surface area contributed by atoms with Gasteiger partial charge >= 0.3 is 6.03 Å². The molecule has 0 radical (unpaired) electrons. The Bertz CT molecular complexity index is 930. The van der Waals surface area contributed by atoms with Gasteiger partial charge in [-0.1, -0.05) is 57.2 Å². The van der Waals surface area contributed by atoms with Crippen LogP contribution in [-0.2, 0) is 15.7 Å². The van der Waals surface area contributed by atoms with Gasteiger partial charge in [-0.3, -0.25) is 14.5 Å². The number of hydrogen-bond acceptors (Lipinski definition) is 3. The maximum Gasteiger partial charge on any atom is 0.325 e. The van der Waals surface area contributed by atoms with Gasteiger partial charge < -0.3 is 5.32 Å². The Morgan fingerprint density at radius 1 is 1.04 bits per heavy atom. The van der Waals surface area contributed by atoms with Crippen LogP contribution in [0.25, 0.3) is 0 Å². The molecule has 3 rings (SSSR count). The van der Waals surface area contributed by atoms with Crippen LogP contribution >= 0.6 is 0 Å². The number of urea groups is 1. The number of imide groups is 1. The summed E-state index contributed by atoms with van der Waals surface area (Å²) in [6, 6.07) is 11.9. The van der Waals surface area contributed by atoms with E-state index in [0.717, 1.165) is 10.5 Å². The van der Waals surface area contributed by atoms with Crippen LogP contribution in [0.1, 0.15) is 49.2 Å². The van der Waals surface area contributed by atoms with E-state index in [1.165, 1.54) is 24.3 Å². The van der Waals surface area contributed by atoms with Crippen LogP contribution in [0, 0.1) is 5.82 Å². The molecule has 146 valence electrons. The van der Waals surface area contributed by atoms with Crippen LogP contribution in [0.4, 0.5) is 9.18 Å². The van der Waals surface area contributed by atoms with E-state index in [0.29, 0.717) is 11.1 Å². The maximum atomic E-state index is 13.2. The molecular weight excluding hydrogens is 359 g/mol. The van der Waals surface area contributed by atoms with Crippen molar-refractivity contribution in [2.24, 2.45) is 0 Å². The lowest BCUT2D eigenvalue weighted by Gasteiger charge is -2.22. The fourth-order valence-corrected chi connectivity index (χ4v) is 3.21. The van der Waals surface area contributed by atoms with E-state index in [9.17, 15) is 18.8 Å². The Labute approximate surface area is 163 Å². The molecule has 0 bridgehead atoms. The van der Waals surface area contributed by atoms with Gasteiger partial charge in [0.05, 0.1) is 6.54 Å². The fraction of sp³-hybridized carbons (Fsp3) is 0.318. The van der Waals surface area contributed by atoms with E-state index in [1.807, 2.05) is 12.1 Å². The van der Waals surface area contributed by atoms with E-state index < -0.39 is 23.3 Å². The number of carbonyl (C=O) groups excluding carboxylic acids is 3. The number of ketones is 1. The number of carbonyl (C=O) groups is 3. The number of halogens is 1. The molecule has 3 amide bonds. The first-order chi connectivity index (χ1) is 13.0. The van der Waals surface area contributed by atoms with Gasteiger partial charge in [-0.25, -0.2) is 9.18 Å². The summed E-state index contributed by atoms with van der Waals surface area (Å²) in [6.07, 6.45) is 0. The molecule has 1 saturated heterocycles. The highest BCUT2D eigenvalue weighted by Gasteiger charge is 2.49. The summed E-state index contributed by atoms with van der Waals surface area (Å²) in [7, 11) is 0. The minimum atomic E-state index is -1.33. The number of nitrogens with one attached hydrogen (secondary N) is 1. The minimum Gasteiger partial charge on any atom is -0.319 e. The highest BCUT2D eigenvalue weighted by Crippen LogP contribution is 2.29. The summed E-state index contributed by atoms with van der Waals surface area (Å²) in [5.74, 6) is -1.30. The van der Waals surface area contributed by atoms with Gasteiger partial charge in [0, 0.05) is 5.56 Å². The second-order valence-electron chi connectivity index (χ2n) is 8.20. The molecule has 1 aliphatic heterocycles. The smallest absolute Gasteiger partial charge is 0.319 e. The van der Waals surface area contributed by atoms with Crippen molar-refractivity contribution in [2.45, 2.75) is 38.6 Å². The average Bonchev–Trinajstić information content (AvgIpc) is 2.85. The second kappa shape index (κ2) is 6.86. The predicted molar refractivity (Wildman–Crippen MR) is 103 cm³/mol. The maximum absolute atomic E-state index is 13.2. The topological polar surface area (TPSA) is 66.5 Å². The van der Waals surface area contributed by atoms with Crippen molar-refractivity contribution >= 4 is 17.7 Å². The summed E-state index contributed by atoms with van der Waals surface area (Å²) in [5, 5.41) is 2.61. The molecule has 6 heteroatoms. The van der Waals surface area contributed by atoms with Gasteiger partial charge in [-0.2, -0.15) is 0 Å². The van der Waals surface area contributed by atoms with Crippen molar-refractivity contribution < 1.29 is 18.8 Å². The van der Waals surface area contributed by atoms with Crippen molar-refractivity contribution in [3.05, 3.63) is 71.0 Å². The van der Waals surface area contributed by atoms with E-state index in [4.69, 9.17) is 0 Å². The Morgan fingerprint density at radius 2 is 1.61 bits per heavy atom. The SMILES string of the molecule is CC(C)(C)c1ccc(C(=O)CN2C(=O)NC(C)(c3ccc(F)cc3)C2=O)cc1. The summed E-state index contributed by atoms with van der Waals surface area (Å²) in [6.45, 7) is 7.42. The van der Waals surface area contributed by atoms with Crippen LogP contribution < -0.4 is 5.32 Å². The summed E-state index contributed by atoms with van der Waals surface area (Å²) in [5.41, 5.74) is 0.605. The molecule has 1 N–H and O–H groups in total. The number of Topliss-reactive ketones (excluding diaryl/α,β-unsaturated/α-hetero) is 1. The lowest BCUT2D eigenvalue weighted by Crippen LogP contribution is -2.41. The molecular formula is C22H23FN2O3. The molecule has 0 saturated carbocycles. The van der Waals surface area contributed by atoms with Crippen LogP contribution in [0.15, 0.2) is 48.5 Å². The first-order valence-electron chi connectivity index (χ1n) is 9.06. The fourth-order valence-electron chi connectivity index (χ4n) is 3.21. The molecule has 1 aliphatic rings. The van der Waals surface area contributed by atoms with Crippen molar-refractivity contribution in [2.75, 3.05) is 6.54 Å². The normalized spacial score (nSPS) is 19.7. The third kappa shape index (κ3) is 3.54. The van der Waals surface area contributed by atoms with Crippen molar-refractivity contribution in [1.82, 2.24) is 10.2 Å². The first-order valence-corrected chi connectivity index (χ1v) is 9.06. The van der Waals surface area contributed by atoms with E-state index in [2.05, 4.69) is 26.1 Å². The number of hydrogen-bond donors (Lipinski definition) is 1. The van der Waals surface area contributed by atoms with Crippen LogP contribution in [0.2, 0.25) is 0 Å². The Hall–Kier alpha value is -3.02. The summed E-state index contributed by atoms with van der Waals surface area (Å²) >= 11 is 0. The molecule has 1 atom stereocenters. The zero-order chi connectivity index (χ0) is 20.7. The highest BCUT2D eigenvalue weighted by atomic mass is 19.1. The third-order valence-electron chi connectivity index (χ3n) is 5.07. The van der Waals surface area contributed by atoms with Gasteiger partial charge in [0.2, 0.25) is 0 Å². The van der Waals surface area contributed by atoms with E-state index in [1.54, 1.807) is 19.1 Å². The summed E-state index contributed by atoms with van der Waals surface area (Å²) in [4.78, 5) is 38.8. The average molecular weight is 382 g/mol. The molecule has 0 spiro atoms. The van der Waals surface area contributed by atoms with Crippen LogP contribution in [0.3, 0.4) is 0 Å². The molecule has 2 aromatic rings. The molecule has 1 fully saturated rings. The number of amides is 3. The standard InChI is InChI=1S/C22H23FN2O3/c1-21(2,3)15-7-5-14(6-8-15)18(26)13-25-19(27)22(4,24-20(25)28)16-9-11-17(23)12-10-16/h5-12H,13H2,1-4H3,(H,24,28). The molecule has 5 nitrogen and oxygen atoms in total. The second-order valence-corrected chi connectivity index (χ2v) is 8.20. The highest BCUT2D eigenvalue weighted by molar-refractivity contribution is 6.11. The van der Waals surface area contributed by atoms with Crippen molar-refractivity contribution in [3.8, 4) is 0 Å². The number of benzene rings is 2. The molecule has 28 heavy (non-hydrogen) atoms. The summed E-state index contributed by atoms with van der Waals surface area (Å²) < 4.78 is 13.2. The molecule has 0 aromatic heterocycles. The zero-order valence-electron chi connectivity index (χ0n) is 16.4. The Morgan fingerprint density at radius 3 is 2.14 bits per heavy atom. The quantitative estimate of drug-likeness (QED) is 0.647. The Kier molecular flexibility index (Phi) is 4.83. The van der Waals surface area contributed by atoms with E-state index in [-0.39, 0.29) is 17.7 Å². The monoisotopic (exact) mass is 382 g/mol. The molecule has 1 heterocycles. The van der Waals surface area contributed by atoms with Crippen molar-refractivity contribution in [1.29, 1.82) is 0 Å². The van der Waals surface area contributed by atoms with Gasteiger partial charge in [0.1, 0.15) is 11.4 Å². The van der Waals surface area contributed by atoms with Gasteiger partial charge in [0.15, 0.2) is 5.78 Å². The predicted octanol–water partition coefficient (Wildman–Crippen LogP) is 3.77.